The number of nitro groups is 1. The van der Waals surface area contributed by atoms with Crippen LogP contribution < -0.4 is 4.74 Å². The van der Waals surface area contributed by atoms with Crippen LogP contribution in [0.2, 0.25) is 5.02 Å². The van der Waals surface area contributed by atoms with Crippen LogP contribution in [-0.4, -0.2) is 23.2 Å². The average molecular weight is 312 g/mol. The van der Waals surface area contributed by atoms with Crippen molar-refractivity contribution in [2.24, 2.45) is 0 Å². The summed E-state index contributed by atoms with van der Waals surface area (Å²) in [4.78, 5) is 10.2. The maximum Gasteiger partial charge on any atom is 0.288 e. The van der Waals surface area contributed by atoms with Crippen LogP contribution >= 0.6 is 11.6 Å². The predicted octanol–water partition coefficient (Wildman–Crippen LogP) is 4.12. The van der Waals surface area contributed by atoms with Crippen molar-refractivity contribution in [3.8, 4) is 5.75 Å². The summed E-state index contributed by atoms with van der Waals surface area (Å²) in [6, 6.07) is 4.43. The molecular formula is C15H18ClNO4. The topological polar surface area (TPSA) is 61.6 Å². The third kappa shape index (κ3) is 3.14. The second kappa shape index (κ2) is 5.81. The van der Waals surface area contributed by atoms with Gasteiger partial charge in [0.2, 0.25) is 0 Å². The zero-order valence-electron chi connectivity index (χ0n) is 11.7. The summed E-state index contributed by atoms with van der Waals surface area (Å²) >= 11 is 5.87. The molecule has 1 unspecified atom stereocenters. The fraction of sp³-hybridized carbons (Fsp3) is 0.600. The van der Waals surface area contributed by atoms with Gasteiger partial charge in [-0.25, -0.2) is 0 Å². The van der Waals surface area contributed by atoms with Crippen LogP contribution in [0, 0.1) is 10.1 Å². The van der Waals surface area contributed by atoms with Crippen molar-refractivity contribution in [3.63, 3.8) is 0 Å². The standard InChI is InChI=1S/C15H18ClNO4/c16-13-9-11(3-4-14(13)17(18)19)20-10-12-5-8-15(21-12)6-1-2-7-15/h3-4,9,12H,1-2,5-8,10H2. The van der Waals surface area contributed by atoms with Gasteiger partial charge in [-0.15, -0.1) is 0 Å². The molecule has 3 rings (SSSR count). The Balaban J connectivity index is 1.56. The molecule has 114 valence electrons. The Labute approximate surface area is 128 Å². The van der Waals surface area contributed by atoms with E-state index in [4.69, 9.17) is 21.1 Å². The molecule has 0 radical (unpaired) electrons. The van der Waals surface area contributed by atoms with Gasteiger partial charge in [-0.05, 0) is 31.7 Å². The van der Waals surface area contributed by atoms with Crippen molar-refractivity contribution in [2.75, 3.05) is 6.61 Å². The van der Waals surface area contributed by atoms with Crippen LogP contribution in [0.5, 0.6) is 5.75 Å². The molecule has 0 amide bonds. The molecule has 2 aliphatic rings. The van der Waals surface area contributed by atoms with Gasteiger partial charge in [0, 0.05) is 12.1 Å². The minimum atomic E-state index is -0.504. The molecule has 2 fully saturated rings. The summed E-state index contributed by atoms with van der Waals surface area (Å²) in [5.41, 5.74) is -0.00716. The maximum absolute atomic E-state index is 10.7. The molecule has 1 aliphatic heterocycles. The first-order valence-corrected chi connectivity index (χ1v) is 7.70. The van der Waals surface area contributed by atoms with Gasteiger partial charge in [-0.3, -0.25) is 10.1 Å². The van der Waals surface area contributed by atoms with E-state index in [0.29, 0.717) is 12.4 Å². The van der Waals surface area contributed by atoms with E-state index < -0.39 is 4.92 Å². The highest BCUT2D eigenvalue weighted by molar-refractivity contribution is 6.32. The Morgan fingerprint density at radius 1 is 1.38 bits per heavy atom. The molecule has 0 aromatic heterocycles. The molecule has 1 saturated heterocycles. The molecule has 0 N–H and O–H groups in total. The molecule has 0 bridgehead atoms. The van der Waals surface area contributed by atoms with Crippen LogP contribution in [0.25, 0.3) is 0 Å². The number of nitro benzene ring substituents is 1. The Kier molecular flexibility index (Phi) is 4.04. The fourth-order valence-corrected chi connectivity index (χ4v) is 3.55. The zero-order valence-corrected chi connectivity index (χ0v) is 12.5. The number of ether oxygens (including phenoxy) is 2. The van der Waals surface area contributed by atoms with Crippen molar-refractivity contribution in [1.29, 1.82) is 0 Å². The molecule has 1 spiro atoms. The summed E-state index contributed by atoms with van der Waals surface area (Å²) < 4.78 is 11.8. The van der Waals surface area contributed by atoms with Crippen molar-refractivity contribution in [2.45, 2.75) is 50.2 Å². The predicted molar refractivity (Wildman–Crippen MR) is 78.9 cm³/mol. The normalized spacial score (nSPS) is 23.6. The highest BCUT2D eigenvalue weighted by Crippen LogP contribution is 2.43. The van der Waals surface area contributed by atoms with Crippen LogP contribution in [0.15, 0.2) is 18.2 Å². The molecule has 1 aliphatic carbocycles. The van der Waals surface area contributed by atoms with Crippen molar-refractivity contribution >= 4 is 17.3 Å². The summed E-state index contributed by atoms with van der Waals surface area (Å²) in [6.45, 7) is 0.468. The SMILES string of the molecule is O=[N+]([O-])c1ccc(OCC2CCC3(CCCC3)O2)cc1Cl. The van der Waals surface area contributed by atoms with E-state index >= 15 is 0 Å². The smallest absolute Gasteiger partial charge is 0.288 e. The first-order chi connectivity index (χ1) is 10.1. The maximum atomic E-state index is 10.7. The molecule has 21 heavy (non-hydrogen) atoms. The molecule has 1 aromatic carbocycles. The third-order valence-corrected chi connectivity index (χ3v) is 4.71. The molecule has 1 atom stereocenters. The lowest BCUT2D eigenvalue weighted by Gasteiger charge is -2.23. The minimum absolute atomic E-state index is 0.0945. The Hall–Kier alpha value is -1.33. The van der Waals surface area contributed by atoms with Crippen LogP contribution in [0.4, 0.5) is 5.69 Å². The average Bonchev–Trinajstić information content (AvgIpc) is 3.07. The van der Waals surface area contributed by atoms with Crippen molar-refractivity contribution in [1.82, 2.24) is 0 Å². The van der Waals surface area contributed by atoms with Gasteiger partial charge in [-0.2, -0.15) is 0 Å². The van der Waals surface area contributed by atoms with Gasteiger partial charge in [-0.1, -0.05) is 24.4 Å². The van der Waals surface area contributed by atoms with E-state index in [0.717, 1.165) is 25.7 Å². The zero-order chi connectivity index (χ0) is 14.9. The van der Waals surface area contributed by atoms with E-state index in [9.17, 15) is 10.1 Å². The third-order valence-electron chi connectivity index (χ3n) is 4.41. The first-order valence-electron chi connectivity index (χ1n) is 7.33. The lowest BCUT2D eigenvalue weighted by Crippen LogP contribution is -2.27. The van der Waals surface area contributed by atoms with Gasteiger partial charge < -0.3 is 9.47 Å². The molecule has 5 nitrogen and oxygen atoms in total. The summed E-state index contributed by atoms with van der Waals surface area (Å²) in [6.07, 6.45) is 7.07. The minimum Gasteiger partial charge on any atom is -0.491 e. The lowest BCUT2D eigenvalue weighted by atomic mass is 9.98. The van der Waals surface area contributed by atoms with Gasteiger partial charge in [0.05, 0.1) is 16.6 Å². The summed E-state index contributed by atoms with van der Waals surface area (Å²) in [5, 5.41) is 10.8. The van der Waals surface area contributed by atoms with E-state index in [1.54, 1.807) is 6.07 Å². The van der Waals surface area contributed by atoms with Gasteiger partial charge in [0.15, 0.2) is 0 Å². The fourth-order valence-electron chi connectivity index (χ4n) is 3.31. The monoisotopic (exact) mass is 311 g/mol. The highest BCUT2D eigenvalue weighted by atomic mass is 35.5. The number of hydrogen-bond acceptors (Lipinski definition) is 4. The number of benzene rings is 1. The molecular weight excluding hydrogens is 294 g/mol. The van der Waals surface area contributed by atoms with Gasteiger partial charge in [0.1, 0.15) is 17.4 Å². The first kappa shape index (κ1) is 14.6. The number of rotatable bonds is 4. The van der Waals surface area contributed by atoms with E-state index in [-0.39, 0.29) is 22.4 Å². The van der Waals surface area contributed by atoms with Crippen LogP contribution in [-0.2, 0) is 4.74 Å². The number of halogens is 1. The molecule has 1 saturated carbocycles. The van der Waals surface area contributed by atoms with Crippen molar-refractivity contribution < 1.29 is 14.4 Å². The highest BCUT2D eigenvalue weighted by Gasteiger charge is 2.42. The van der Waals surface area contributed by atoms with Crippen molar-refractivity contribution in [3.05, 3.63) is 33.3 Å². The lowest BCUT2D eigenvalue weighted by molar-refractivity contribution is -0.384. The van der Waals surface area contributed by atoms with Crippen LogP contribution in [0.3, 0.4) is 0 Å². The Morgan fingerprint density at radius 2 is 2.14 bits per heavy atom. The van der Waals surface area contributed by atoms with E-state index in [2.05, 4.69) is 0 Å². The molecule has 1 heterocycles. The molecule has 1 aromatic rings. The number of nitrogens with zero attached hydrogens (tertiary/aromatic N) is 1. The summed E-state index contributed by atoms with van der Waals surface area (Å²) in [7, 11) is 0. The number of hydrogen-bond donors (Lipinski definition) is 0. The second-order valence-corrected chi connectivity index (χ2v) is 6.26. The van der Waals surface area contributed by atoms with Gasteiger partial charge >= 0.3 is 0 Å². The summed E-state index contributed by atoms with van der Waals surface area (Å²) in [5.74, 6) is 0.543. The van der Waals surface area contributed by atoms with Crippen LogP contribution in [0.1, 0.15) is 38.5 Å². The largest absolute Gasteiger partial charge is 0.491 e. The molecule has 6 heteroatoms. The Bertz CT molecular complexity index is 542. The van der Waals surface area contributed by atoms with E-state index in [1.165, 1.54) is 25.0 Å². The van der Waals surface area contributed by atoms with Gasteiger partial charge in [0.25, 0.3) is 5.69 Å². The quantitative estimate of drug-likeness (QED) is 0.620. The Morgan fingerprint density at radius 3 is 2.81 bits per heavy atom. The second-order valence-electron chi connectivity index (χ2n) is 5.85. The van der Waals surface area contributed by atoms with E-state index in [1.807, 2.05) is 0 Å².